The van der Waals surface area contributed by atoms with Crippen LogP contribution >= 0.6 is 0 Å². The largest absolute Gasteiger partial charge is 0.497 e. The number of H-pyrrole nitrogens is 1. The summed E-state index contributed by atoms with van der Waals surface area (Å²) in [6, 6.07) is 11.2. The SMILES string of the molecule is COc1cccc(-c2n[nH]c3c2C(c2cccnc2)NC3=O)c1. The lowest BCUT2D eigenvalue weighted by Crippen LogP contribution is -2.21. The van der Waals surface area contributed by atoms with E-state index in [0.29, 0.717) is 5.69 Å². The second-order valence-electron chi connectivity index (χ2n) is 5.29. The van der Waals surface area contributed by atoms with Crippen LogP contribution in [0.4, 0.5) is 0 Å². The molecule has 114 valence electrons. The number of amides is 1. The van der Waals surface area contributed by atoms with Crippen LogP contribution < -0.4 is 10.1 Å². The molecule has 0 saturated carbocycles. The van der Waals surface area contributed by atoms with Gasteiger partial charge in [-0.05, 0) is 23.8 Å². The molecule has 3 aromatic rings. The quantitative estimate of drug-likeness (QED) is 0.778. The summed E-state index contributed by atoms with van der Waals surface area (Å²) in [5.41, 5.74) is 3.90. The van der Waals surface area contributed by atoms with Crippen LogP contribution in [0.3, 0.4) is 0 Å². The molecule has 1 aliphatic rings. The van der Waals surface area contributed by atoms with E-state index in [1.807, 2.05) is 36.4 Å². The number of benzene rings is 1. The molecule has 0 fully saturated rings. The third-order valence-corrected chi connectivity index (χ3v) is 3.96. The number of carbonyl (C=O) groups excluding carboxylic acids is 1. The number of hydrogen-bond acceptors (Lipinski definition) is 4. The van der Waals surface area contributed by atoms with Gasteiger partial charge in [0, 0.05) is 23.5 Å². The summed E-state index contributed by atoms with van der Waals surface area (Å²) in [4.78, 5) is 16.3. The van der Waals surface area contributed by atoms with Crippen LogP contribution in [-0.4, -0.2) is 28.2 Å². The van der Waals surface area contributed by atoms with E-state index in [9.17, 15) is 4.79 Å². The van der Waals surface area contributed by atoms with Crippen molar-refractivity contribution < 1.29 is 9.53 Å². The van der Waals surface area contributed by atoms with E-state index >= 15 is 0 Å². The first-order valence-electron chi connectivity index (χ1n) is 7.21. The van der Waals surface area contributed by atoms with Crippen LogP contribution in [0.2, 0.25) is 0 Å². The highest BCUT2D eigenvalue weighted by molar-refractivity contribution is 6.00. The van der Waals surface area contributed by atoms with Gasteiger partial charge in [0.15, 0.2) is 0 Å². The van der Waals surface area contributed by atoms with E-state index in [4.69, 9.17) is 4.74 Å². The number of nitrogens with zero attached hydrogens (tertiary/aromatic N) is 2. The molecule has 4 rings (SSSR count). The van der Waals surface area contributed by atoms with Gasteiger partial charge in [0.05, 0.1) is 18.8 Å². The van der Waals surface area contributed by atoms with Gasteiger partial charge >= 0.3 is 0 Å². The molecule has 0 bridgehead atoms. The Kier molecular flexibility index (Phi) is 3.08. The van der Waals surface area contributed by atoms with Crippen molar-refractivity contribution >= 4 is 5.91 Å². The number of ether oxygens (including phenoxy) is 1. The van der Waals surface area contributed by atoms with Crippen molar-refractivity contribution in [1.29, 1.82) is 0 Å². The van der Waals surface area contributed by atoms with Crippen LogP contribution in [0, 0.1) is 0 Å². The molecule has 23 heavy (non-hydrogen) atoms. The fraction of sp³-hybridized carbons (Fsp3) is 0.118. The lowest BCUT2D eigenvalue weighted by molar-refractivity contribution is 0.0955. The minimum absolute atomic E-state index is 0.157. The number of aromatic amines is 1. The van der Waals surface area contributed by atoms with Gasteiger partial charge in [0.25, 0.3) is 5.91 Å². The zero-order valence-corrected chi connectivity index (χ0v) is 12.4. The number of rotatable bonds is 3. The standard InChI is InChI=1S/C17H14N4O2/c1-23-12-6-2-4-10(8-12)15-13-14(11-5-3-7-18-9-11)19-17(22)16(13)21-20-15/h2-9,14H,1H3,(H,19,22)(H,20,21). The lowest BCUT2D eigenvalue weighted by Gasteiger charge is -2.13. The third kappa shape index (κ3) is 2.15. The Labute approximate surface area is 132 Å². The van der Waals surface area contributed by atoms with Gasteiger partial charge in [-0.1, -0.05) is 18.2 Å². The predicted molar refractivity (Wildman–Crippen MR) is 84.1 cm³/mol. The molecule has 1 atom stereocenters. The number of fused-ring (bicyclic) bond motifs is 1. The van der Waals surface area contributed by atoms with Gasteiger partial charge < -0.3 is 10.1 Å². The first-order chi connectivity index (χ1) is 11.3. The van der Waals surface area contributed by atoms with Crippen LogP contribution in [-0.2, 0) is 0 Å². The Balaban J connectivity index is 1.86. The van der Waals surface area contributed by atoms with Crippen LogP contribution in [0.5, 0.6) is 5.75 Å². The highest BCUT2D eigenvalue weighted by atomic mass is 16.5. The summed E-state index contributed by atoms with van der Waals surface area (Å²) in [6.07, 6.45) is 3.46. The fourth-order valence-electron chi connectivity index (χ4n) is 2.87. The van der Waals surface area contributed by atoms with Crippen LogP contribution in [0.15, 0.2) is 48.8 Å². The Hall–Kier alpha value is -3.15. The van der Waals surface area contributed by atoms with Crippen LogP contribution in [0.1, 0.15) is 27.7 Å². The summed E-state index contributed by atoms with van der Waals surface area (Å²) in [5, 5.41) is 10.2. The van der Waals surface area contributed by atoms with E-state index in [-0.39, 0.29) is 11.9 Å². The highest BCUT2D eigenvalue weighted by Gasteiger charge is 2.35. The fourth-order valence-corrected chi connectivity index (χ4v) is 2.87. The molecule has 6 nitrogen and oxygen atoms in total. The van der Waals surface area contributed by atoms with Crippen molar-refractivity contribution in [2.24, 2.45) is 0 Å². The van der Waals surface area contributed by atoms with Gasteiger partial charge in [-0.3, -0.25) is 14.9 Å². The van der Waals surface area contributed by atoms with Gasteiger partial charge in [-0.25, -0.2) is 0 Å². The van der Waals surface area contributed by atoms with Crippen molar-refractivity contribution in [3.05, 3.63) is 65.6 Å². The summed E-state index contributed by atoms with van der Waals surface area (Å²) < 4.78 is 5.27. The zero-order valence-electron chi connectivity index (χ0n) is 12.4. The number of hydrogen-bond donors (Lipinski definition) is 2. The summed E-state index contributed by atoms with van der Waals surface area (Å²) in [6.45, 7) is 0. The van der Waals surface area contributed by atoms with Crippen molar-refractivity contribution in [1.82, 2.24) is 20.5 Å². The van der Waals surface area contributed by atoms with E-state index in [1.54, 1.807) is 19.5 Å². The molecule has 2 N–H and O–H groups in total. The molecular formula is C17H14N4O2. The summed E-state index contributed by atoms with van der Waals surface area (Å²) >= 11 is 0. The van der Waals surface area contributed by atoms with Crippen molar-refractivity contribution in [2.75, 3.05) is 7.11 Å². The zero-order chi connectivity index (χ0) is 15.8. The number of nitrogens with one attached hydrogen (secondary N) is 2. The Morgan fingerprint density at radius 3 is 2.91 bits per heavy atom. The van der Waals surface area contributed by atoms with E-state index in [2.05, 4.69) is 20.5 Å². The topological polar surface area (TPSA) is 79.9 Å². The van der Waals surface area contributed by atoms with E-state index in [1.165, 1.54) is 0 Å². The second-order valence-corrected chi connectivity index (χ2v) is 5.29. The van der Waals surface area contributed by atoms with Crippen molar-refractivity contribution in [2.45, 2.75) is 6.04 Å². The smallest absolute Gasteiger partial charge is 0.270 e. The monoisotopic (exact) mass is 306 g/mol. The van der Waals surface area contributed by atoms with Gasteiger partial charge in [0.1, 0.15) is 11.4 Å². The lowest BCUT2D eigenvalue weighted by atomic mass is 9.98. The molecule has 0 aliphatic carbocycles. The number of aromatic nitrogens is 3. The average Bonchev–Trinajstić information content (AvgIpc) is 3.17. The molecule has 1 aromatic carbocycles. The second kappa shape index (κ2) is 5.24. The molecule has 2 aromatic heterocycles. The van der Waals surface area contributed by atoms with Crippen LogP contribution in [0.25, 0.3) is 11.3 Å². The summed E-state index contributed by atoms with van der Waals surface area (Å²) in [7, 11) is 1.62. The van der Waals surface area contributed by atoms with Gasteiger partial charge in [-0.15, -0.1) is 0 Å². The molecule has 1 aliphatic heterocycles. The summed E-state index contributed by atoms with van der Waals surface area (Å²) in [5.74, 6) is 0.588. The Morgan fingerprint density at radius 2 is 2.13 bits per heavy atom. The van der Waals surface area contributed by atoms with Gasteiger partial charge in [0.2, 0.25) is 0 Å². The molecule has 3 heterocycles. The van der Waals surface area contributed by atoms with Crippen molar-refractivity contribution in [3.8, 4) is 17.0 Å². The molecule has 1 amide bonds. The Morgan fingerprint density at radius 1 is 1.22 bits per heavy atom. The van der Waals surface area contributed by atoms with Gasteiger partial charge in [-0.2, -0.15) is 5.10 Å². The van der Waals surface area contributed by atoms with E-state index in [0.717, 1.165) is 28.1 Å². The molecule has 1 unspecified atom stereocenters. The normalized spacial score (nSPS) is 16.0. The minimum atomic E-state index is -0.258. The molecule has 0 spiro atoms. The maximum absolute atomic E-state index is 12.2. The van der Waals surface area contributed by atoms with E-state index < -0.39 is 0 Å². The highest BCUT2D eigenvalue weighted by Crippen LogP contribution is 2.37. The van der Waals surface area contributed by atoms with Crippen molar-refractivity contribution in [3.63, 3.8) is 0 Å². The minimum Gasteiger partial charge on any atom is -0.497 e. The third-order valence-electron chi connectivity index (χ3n) is 3.96. The predicted octanol–water partition coefficient (Wildman–Crippen LogP) is 2.31. The number of pyridine rings is 1. The molecule has 6 heteroatoms. The number of methoxy groups -OCH3 is 1. The first kappa shape index (κ1) is 13.5. The molecular weight excluding hydrogens is 292 g/mol. The number of carbonyl (C=O) groups is 1. The maximum atomic E-state index is 12.2. The maximum Gasteiger partial charge on any atom is 0.270 e. The molecule has 0 saturated heterocycles. The average molecular weight is 306 g/mol. The first-order valence-corrected chi connectivity index (χ1v) is 7.21. The molecule has 0 radical (unpaired) electrons. The Bertz CT molecular complexity index is 873.